The molecule has 13 rings (SSSR count). The maximum Gasteiger partial charge on any atom is 0.333 e. The third kappa shape index (κ3) is 3.46. The van der Waals surface area contributed by atoms with Gasteiger partial charge >= 0.3 is 6.85 Å². The van der Waals surface area contributed by atoms with Gasteiger partial charge in [-0.1, -0.05) is 84.9 Å². The molecule has 0 amide bonds. The Morgan fingerprint density at radius 1 is 0.481 bits per heavy atom. The Bertz CT molecular complexity index is 3220. The van der Waals surface area contributed by atoms with E-state index in [4.69, 9.17) is 4.74 Å². The second-order valence-electron chi connectivity index (χ2n) is 14.0. The van der Waals surface area contributed by atoms with Gasteiger partial charge in [-0.3, -0.25) is 0 Å². The van der Waals surface area contributed by atoms with Crippen molar-refractivity contribution >= 4 is 120 Å². The molecule has 0 spiro atoms. The van der Waals surface area contributed by atoms with Crippen LogP contribution < -0.4 is 25.4 Å². The van der Waals surface area contributed by atoms with Crippen LogP contribution in [0.15, 0.2) is 152 Å². The predicted molar refractivity (Wildman–Crippen MR) is 224 cm³/mol. The van der Waals surface area contributed by atoms with Gasteiger partial charge in [-0.2, -0.15) is 0 Å². The zero-order chi connectivity index (χ0) is 33.7. The lowest BCUT2D eigenvalue weighted by molar-refractivity contribution is 0.477. The molecule has 3 aliphatic rings. The van der Waals surface area contributed by atoms with Crippen LogP contribution in [-0.2, 0) is 0 Å². The minimum atomic E-state index is -0.0873. The number of rotatable bonds is 1. The van der Waals surface area contributed by atoms with Gasteiger partial charge in [0.05, 0.1) is 21.8 Å². The van der Waals surface area contributed by atoms with E-state index in [0.717, 1.165) is 22.9 Å². The van der Waals surface area contributed by atoms with Crippen LogP contribution in [0.25, 0.3) is 62.2 Å². The molecule has 0 aliphatic carbocycles. The topological polar surface area (TPSA) is 15.7 Å². The molecule has 3 nitrogen and oxygen atoms in total. The maximum absolute atomic E-state index is 6.76. The standard InChI is InChI=1S/C46H25BN2OS2/c1-2-11-27-23-37-31(22-26(27)10-1)33-25-34-30-13-4-8-19-41(30)52-46(34)45-43(33)47(35-14-9-17-39-44(35)48(45)36-15-5-6-16-38(36)50-39)49(37)28-20-21-42-32(24-28)29-12-3-7-18-40(29)51-42/h1-25H. The Kier molecular flexibility index (Phi) is 5.22. The summed E-state index contributed by atoms with van der Waals surface area (Å²) in [5, 5.41) is 7.71. The van der Waals surface area contributed by atoms with E-state index < -0.39 is 0 Å². The van der Waals surface area contributed by atoms with Gasteiger partial charge < -0.3 is 14.4 Å². The molecule has 3 aliphatic heterocycles. The summed E-state index contributed by atoms with van der Waals surface area (Å²) in [5.74, 6) is 1.77. The van der Waals surface area contributed by atoms with Crippen LogP contribution in [0, 0.1) is 0 Å². The molecule has 0 radical (unpaired) electrons. The van der Waals surface area contributed by atoms with Crippen molar-refractivity contribution in [3.63, 3.8) is 0 Å². The van der Waals surface area contributed by atoms with Crippen molar-refractivity contribution < 1.29 is 4.74 Å². The Hall–Kier alpha value is -6.08. The molecule has 8 aromatic carbocycles. The average Bonchev–Trinajstić information content (AvgIpc) is 3.76. The van der Waals surface area contributed by atoms with E-state index in [2.05, 4.69) is 161 Å². The van der Waals surface area contributed by atoms with Crippen molar-refractivity contribution in [3.05, 3.63) is 152 Å². The summed E-state index contributed by atoms with van der Waals surface area (Å²) in [6.45, 7) is -0.0873. The van der Waals surface area contributed by atoms with E-state index >= 15 is 0 Å². The number of ether oxygens (including phenoxy) is 1. The first kappa shape index (κ1) is 27.6. The normalized spacial score (nSPS) is 13.8. The molecule has 0 saturated carbocycles. The molecular weight excluding hydrogens is 671 g/mol. The van der Waals surface area contributed by atoms with E-state index in [1.807, 2.05) is 22.7 Å². The highest BCUT2D eigenvalue weighted by Crippen LogP contribution is 2.57. The largest absolute Gasteiger partial charge is 0.453 e. The fraction of sp³-hybridized carbons (Fsp3) is 0. The molecule has 6 heteroatoms. The number of benzene rings is 8. The van der Waals surface area contributed by atoms with Crippen LogP contribution in [-0.4, -0.2) is 6.85 Å². The van der Waals surface area contributed by atoms with Gasteiger partial charge in [0.15, 0.2) is 11.5 Å². The third-order valence-corrected chi connectivity index (χ3v) is 13.7. The van der Waals surface area contributed by atoms with Gasteiger partial charge in [0.1, 0.15) is 0 Å². The molecular formula is C46H25BN2OS2. The highest BCUT2D eigenvalue weighted by atomic mass is 32.1. The van der Waals surface area contributed by atoms with Crippen molar-refractivity contribution in [2.45, 2.75) is 0 Å². The van der Waals surface area contributed by atoms with E-state index in [1.54, 1.807) is 0 Å². The lowest BCUT2D eigenvalue weighted by Gasteiger charge is -2.47. The molecule has 0 atom stereocenters. The summed E-state index contributed by atoms with van der Waals surface area (Å²) in [7, 11) is 0. The van der Waals surface area contributed by atoms with Crippen molar-refractivity contribution in [2.75, 3.05) is 9.71 Å². The van der Waals surface area contributed by atoms with Gasteiger partial charge in [0.25, 0.3) is 0 Å². The summed E-state index contributed by atoms with van der Waals surface area (Å²) in [6.07, 6.45) is 0. The number of para-hydroxylation sites is 3. The monoisotopic (exact) mass is 696 g/mol. The first-order valence-electron chi connectivity index (χ1n) is 17.7. The molecule has 0 saturated heterocycles. The second-order valence-corrected chi connectivity index (χ2v) is 16.2. The Morgan fingerprint density at radius 2 is 1.19 bits per heavy atom. The number of thiophene rings is 2. The fourth-order valence-corrected chi connectivity index (χ4v) is 11.5. The second kappa shape index (κ2) is 9.83. The van der Waals surface area contributed by atoms with Gasteiger partial charge in [0, 0.05) is 52.6 Å². The molecule has 2 aromatic heterocycles. The molecule has 0 fully saturated rings. The number of nitrogens with zero attached hydrogens (tertiary/aromatic N) is 2. The van der Waals surface area contributed by atoms with Crippen molar-refractivity contribution in [1.29, 1.82) is 0 Å². The van der Waals surface area contributed by atoms with E-state index in [0.29, 0.717) is 0 Å². The van der Waals surface area contributed by atoms with Crippen molar-refractivity contribution in [2.24, 2.45) is 0 Å². The first-order chi connectivity index (χ1) is 25.8. The summed E-state index contributed by atoms with van der Waals surface area (Å²) in [4.78, 5) is 5.16. The van der Waals surface area contributed by atoms with Gasteiger partial charge in [-0.25, -0.2) is 0 Å². The van der Waals surface area contributed by atoms with E-state index in [1.165, 1.54) is 90.2 Å². The Labute approximate surface area is 307 Å². The molecule has 0 unspecified atom stereocenters. The van der Waals surface area contributed by atoms with Crippen LogP contribution in [0.2, 0.25) is 0 Å². The average molecular weight is 697 g/mol. The quantitative estimate of drug-likeness (QED) is 0.159. The Morgan fingerprint density at radius 3 is 2.08 bits per heavy atom. The van der Waals surface area contributed by atoms with Gasteiger partial charge in [-0.05, 0) is 94.0 Å². The van der Waals surface area contributed by atoms with Crippen molar-refractivity contribution in [3.8, 4) is 22.6 Å². The maximum atomic E-state index is 6.76. The highest BCUT2D eigenvalue weighted by Gasteiger charge is 2.48. The van der Waals surface area contributed by atoms with Gasteiger partial charge in [0.2, 0.25) is 0 Å². The van der Waals surface area contributed by atoms with Crippen LogP contribution in [0.5, 0.6) is 11.5 Å². The zero-order valence-corrected chi connectivity index (χ0v) is 29.3. The predicted octanol–water partition coefficient (Wildman–Crippen LogP) is 12.4. The number of anilines is 5. The van der Waals surface area contributed by atoms with Crippen LogP contribution >= 0.6 is 22.7 Å². The minimum Gasteiger partial charge on any atom is -0.453 e. The lowest BCUT2D eigenvalue weighted by Crippen LogP contribution is -2.61. The third-order valence-electron chi connectivity index (χ3n) is 11.4. The SMILES string of the molecule is c1ccc2c(c1)Oc1cccc3c1N2c1c2c(cc4c1sc1ccccc14)-c1cc4ccccc4cc1N(c1ccc4sc5ccccc5c4c1)B32. The highest BCUT2D eigenvalue weighted by molar-refractivity contribution is 7.27. The fourth-order valence-electron chi connectivity index (χ4n) is 9.22. The molecule has 240 valence electrons. The molecule has 5 heterocycles. The molecule has 10 aromatic rings. The van der Waals surface area contributed by atoms with Crippen LogP contribution in [0.1, 0.15) is 0 Å². The summed E-state index contributed by atoms with van der Waals surface area (Å²) in [6, 6.07) is 56.1. The van der Waals surface area contributed by atoms with Crippen LogP contribution in [0.3, 0.4) is 0 Å². The molecule has 52 heavy (non-hydrogen) atoms. The Balaban J connectivity index is 1.22. The number of hydrogen-bond donors (Lipinski definition) is 0. The van der Waals surface area contributed by atoms with Crippen molar-refractivity contribution in [1.82, 2.24) is 0 Å². The number of hydrogen-bond acceptors (Lipinski definition) is 5. The first-order valence-corrected chi connectivity index (χ1v) is 19.3. The summed E-state index contributed by atoms with van der Waals surface area (Å²) in [5.41, 5.74) is 11.0. The zero-order valence-electron chi connectivity index (χ0n) is 27.6. The van der Waals surface area contributed by atoms with Crippen LogP contribution in [0.4, 0.5) is 28.4 Å². The number of fused-ring (bicyclic) bond motifs is 14. The van der Waals surface area contributed by atoms with E-state index in [-0.39, 0.29) is 6.85 Å². The summed E-state index contributed by atoms with van der Waals surface area (Å²) >= 11 is 3.78. The molecule has 0 N–H and O–H groups in total. The van der Waals surface area contributed by atoms with E-state index in [9.17, 15) is 0 Å². The molecule has 0 bridgehead atoms. The smallest absolute Gasteiger partial charge is 0.333 e. The summed E-state index contributed by atoms with van der Waals surface area (Å²) < 4.78 is 12.0. The van der Waals surface area contributed by atoms with Gasteiger partial charge in [-0.15, -0.1) is 22.7 Å². The minimum absolute atomic E-state index is 0.0873. The lowest BCUT2D eigenvalue weighted by atomic mass is 9.43.